The maximum atomic E-state index is 14.4. The van der Waals surface area contributed by atoms with Gasteiger partial charge in [-0.2, -0.15) is 0 Å². The Morgan fingerprint density at radius 1 is 0.346 bits per heavy atom. The molecule has 0 saturated carbocycles. The van der Waals surface area contributed by atoms with Gasteiger partial charge in [-0.15, -0.1) is 0 Å². The lowest BCUT2D eigenvalue weighted by Gasteiger charge is -2.28. The Kier molecular flexibility index (Phi) is 61.2. The smallest absolute Gasteiger partial charge is 0.306 e. The van der Waals surface area contributed by atoms with Gasteiger partial charge >= 0.3 is 11.9 Å². The molecule has 78 heavy (non-hydrogen) atoms. The van der Waals surface area contributed by atoms with Gasteiger partial charge in [0.25, 0.3) is 5.91 Å². The number of carbonyl (C=O) groups excluding carboxylic acids is 3. The quantitative estimate of drug-likeness (QED) is 0.0456. The fraction of sp³-hybridized carbons (Fsp3) is 0.954. The van der Waals surface area contributed by atoms with E-state index in [9.17, 15) is 14.4 Å². The van der Waals surface area contributed by atoms with E-state index in [1.165, 1.54) is 135 Å². The van der Waals surface area contributed by atoms with Crippen molar-refractivity contribution in [3.05, 3.63) is 0 Å². The first-order chi connectivity index (χ1) is 38.4. The van der Waals surface area contributed by atoms with E-state index in [0.717, 1.165) is 109 Å². The first kappa shape index (κ1) is 76.1. The van der Waals surface area contributed by atoms with Crippen LogP contribution in [0.15, 0.2) is 0 Å². The van der Waals surface area contributed by atoms with E-state index in [1.54, 1.807) is 0 Å². The van der Waals surface area contributed by atoms with E-state index >= 15 is 0 Å². The number of nitrogens with zero attached hydrogens (tertiary/aromatic N) is 1. The van der Waals surface area contributed by atoms with Gasteiger partial charge in [-0.1, -0.05) is 195 Å². The number of rotatable bonds is 65. The van der Waals surface area contributed by atoms with Gasteiger partial charge in [-0.05, 0) is 83.5 Å². The Balaban J connectivity index is 5.47. The van der Waals surface area contributed by atoms with Gasteiger partial charge in [0.2, 0.25) is 0 Å². The molecule has 464 valence electrons. The number of hydrogen-bond donors (Lipinski definition) is 1. The Bertz CT molecular complexity index is 1240. The van der Waals surface area contributed by atoms with Crippen molar-refractivity contribution >= 4 is 17.8 Å². The molecule has 0 aromatic heterocycles. The summed E-state index contributed by atoms with van der Waals surface area (Å²) in [5, 5.41) is 8.82. The summed E-state index contributed by atoms with van der Waals surface area (Å²) in [6.07, 6.45) is 42.3. The molecule has 0 aliphatic carbocycles. The van der Waals surface area contributed by atoms with Crippen molar-refractivity contribution in [2.24, 2.45) is 0 Å². The van der Waals surface area contributed by atoms with Crippen molar-refractivity contribution in [3.63, 3.8) is 0 Å². The molecule has 13 heteroatoms. The second kappa shape index (κ2) is 62.7. The van der Waals surface area contributed by atoms with Gasteiger partial charge in [0.15, 0.2) is 6.10 Å². The van der Waals surface area contributed by atoms with E-state index < -0.39 is 6.10 Å². The average molecular weight is 1110 g/mol. The maximum absolute atomic E-state index is 14.4. The summed E-state index contributed by atoms with van der Waals surface area (Å²) >= 11 is 0. The number of ether oxygens (including phenoxy) is 8. The Morgan fingerprint density at radius 2 is 0.692 bits per heavy atom. The SMILES string of the molecule is CCCCCCCCCC(CCCCCCCC)OC(=O)CCCCCOC(COCCCCCC(=O)OC(CCCCCC)CCCCCCC)C(=O)N(CCCCCCCC)CCOCCOCCOCCOCCO. The Hall–Kier alpha value is -1.87. The second-order valence-corrected chi connectivity index (χ2v) is 22.1. The molecule has 13 nitrogen and oxygen atoms in total. The number of aliphatic hydroxyl groups is 1. The van der Waals surface area contributed by atoms with Crippen LogP contribution in [-0.2, 0) is 52.3 Å². The third kappa shape index (κ3) is 53.4. The fourth-order valence-corrected chi connectivity index (χ4v) is 9.69. The van der Waals surface area contributed by atoms with Crippen LogP contribution in [-0.4, -0.2) is 139 Å². The molecule has 0 aliphatic rings. The van der Waals surface area contributed by atoms with E-state index in [-0.39, 0.29) is 43.3 Å². The molecule has 3 atom stereocenters. The van der Waals surface area contributed by atoms with Crippen molar-refractivity contribution in [1.29, 1.82) is 0 Å². The normalized spacial score (nSPS) is 12.7. The second-order valence-electron chi connectivity index (χ2n) is 22.1. The van der Waals surface area contributed by atoms with Crippen LogP contribution in [0.2, 0.25) is 0 Å². The molecule has 0 rings (SSSR count). The van der Waals surface area contributed by atoms with E-state index in [0.29, 0.717) is 92.0 Å². The molecule has 0 aromatic carbocycles. The van der Waals surface area contributed by atoms with Gasteiger partial charge < -0.3 is 47.9 Å². The average Bonchev–Trinajstić information content (AvgIpc) is 3.43. The molecule has 3 unspecified atom stereocenters. The van der Waals surface area contributed by atoms with Crippen LogP contribution in [0.3, 0.4) is 0 Å². The number of esters is 2. The van der Waals surface area contributed by atoms with Crippen molar-refractivity contribution in [3.8, 4) is 0 Å². The molecule has 0 aliphatic heterocycles. The molecule has 0 radical (unpaired) electrons. The van der Waals surface area contributed by atoms with Gasteiger partial charge in [0.05, 0.1) is 66.1 Å². The number of hydrogen-bond acceptors (Lipinski definition) is 12. The standard InChI is InChI=1S/C65H127NO12/c1-6-11-16-21-24-27-34-43-61(42-33-26-22-17-12-7-2)78-64(69)45-36-30-39-50-76-62(59-75-49-38-29-35-44-63(68)77-60(40-31-20-15-10-5)41-32-25-19-14-9-4)65(70)66(46-37-28-23-18-13-8-3)47-51-71-53-55-73-57-58-74-56-54-72-52-48-67/h60-62,67H,6-59H2,1-5H3. The molecular weight excluding hydrogens is 987 g/mol. The van der Waals surface area contributed by atoms with E-state index in [2.05, 4.69) is 34.6 Å². The fourth-order valence-electron chi connectivity index (χ4n) is 9.69. The van der Waals surface area contributed by atoms with Gasteiger partial charge in [0, 0.05) is 39.1 Å². The summed E-state index contributed by atoms with van der Waals surface area (Å²) in [7, 11) is 0. The molecule has 1 N–H and O–H groups in total. The summed E-state index contributed by atoms with van der Waals surface area (Å²) in [6.45, 7) is 16.6. The van der Waals surface area contributed by atoms with Crippen molar-refractivity contribution in [2.75, 3.05) is 92.4 Å². The minimum Gasteiger partial charge on any atom is -0.462 e. The minimum absolute atomic E-state index is 0.000252. The zero-order chi connectivity index (χ0) is 56.9. The molecule has 0 heterocycles. The summed E-state index contributed by atoms with van der Waals surface area (Å²) in [5.41, 5.74) is 0. The van der Waals surface area contributed by atoms with E-state index in [4.69, 9.17) is 43.0 Å². The Labute approximate surface area is 480 Å². The van der Waals surface area contributed by atoms with Crippen molar-refractivity contribution in [2.45, 2.75) is 310 Å². The zero-order valence-electron chi connectivity index (χ0n) is 51.8. The van der Waals surface area contributed by atoms with Crippen LogP contribution in [0.4, 0.5) is 0 Å². The molecule has 0 saturated heterocycles. The largest absolute Gasteiger partial charge is 0.462 e. The topological polar surface area (TPSA) is 149 Å². The highest BCUT2D eigenvalue weighted by molar-refractivity contribution is 5.81. The lowest BCUT2D eigenvalue weighted by molar-refractivity contribution is -0.151. The summed E-state index contributed by atoms with van der Waals surface area (Å²) in [6, 6.07) is 0. The Morgan fingerprint density at radius 3 is 1.12 bits per heavy atom. The number of aliphatic hydroxyl groups excluding tert-OH is 1. The maximum Gasteiger partial charge on any atom is 0.306 e. The highest BCUT2D eigenvalue weighted by Gasteiger charge is 2.26. The third-order valence-electron chi connectivity index (χ3n) is 14.6. The molecular formula is C65H127NO12. The number of unbranched alkanes of at least 4 members (excludes halogenated alkanes) is 27. The molecule has 0 spiro atoms. The van der Waals surface area contributed by atoms with Crippen molar-refractivity contribution < 1.29 is 57.4 Å². The van der Waals surface area contributed by atoms with Crippen molar-refractivity contribution in [1.82, 2.24) is 4.90 Å². The molecule has 1 amide bonds. The minimum atomic E-state index is -0.756. The monoisotopic (exact) mass is 1110 g/mol. The summed E-state index contributed by atoms with van der Waals surface area (Å²) in [5.74, 6) is -0.257. The van der Waals surface area contributed by atoms with Crippen LogP contribution in [0.5, 0.6) is 0 Å². The highest BCUT2D eigenvalue weighted by atomic mass is 16.6. The van der Waals surface area contributed by atoms with Crippen LogP contribution < -0.4 is 0 Å². The third-order valence-corrected chi connectivity index (χ3v) is 14.6. The first-order valence-corrected chi connectivity index (χ1v) is 33.1. The summed E-state index contributed by atoms with van der Waals surface area (Å²) in [4.78, 5) is 42.4. The van der Waals surface area contributed by atoms with Crippen LogP contribution in [0, 0.1) is 0 Å². The van der Waals surface area contributed by atoms with Gasteiger partial charge in [-0.3, -0.25) is 14.4 Å². The predicted molar refractivity (Wildman–Crippen MR) is 320 cm³/mol. The lowest BCUT2D eigenvalue weighted by Crippen LogP contribution is -2.45. The molecule has 0 bridgehead atoms. The molecule has 0 fully saturated rings. The van der Waals surface area contributed by atoms with Gasteiger partial charge in [0.1, 0.15) is 12.2 Å². The lowest BCUT2D eigenvalue weighted by atomic mass is 10.0. The predicted octanol–water partition coefficient (Wildman–Crippen LogP) is 15.8. The van der Waals surface area contributed by atoms with E-state index in [1.807, 2.05) is 4.90 Å². The highest BCUT2D eigenvalue weighted by Crippen LogP contribution is 2.20. The zero-order valence-corrected chi connectivity index (χ0v) is 51.8. The first-order valence-electron chi connectivity index (χ1n) is 33.1. The molecule has 0 aromatic rings. The number of amides is 1. The van der Waals surface area contributed by atoms with Crippen LogP contribution in [0.25, 0.3) is 0 Å². The van der Waals surface area contributed by atoms with Gasteiger partial charge in [-0.25, -0.2) is 0 Å². The van der Waals surface area contributed by atoms with Crippen LogP contribution in [0.1, 0.15) is 291 Å². The summed E-state index contributed by atoms with van der Waals surface area (Å²) < 4.78 is 47.1. The number of carbonyl (C=O) groups is 3. The van der Waals surface area contributed by atoms with Crippen LogP contribution >= 0.6 is 0 Å².